The second-order valence-corrected chi connectivity index (χ2v) is 8.60. The van der Waals surface area contributed by atoms with Crippen LogP contribution < -0.4 is 5.73 Å². The summed E-state index contributed by atoms with van der Waals surface area (Å²) >= 11 is 0. The van der Waals surface area contributed by atoms with E-state index in [9.17, 15) is 9.18 Å². The van der Waals surface area contributed by atoms with Crippen molar-refractivity contribution in [2.75, 3.05) is 6.54 Å². The van der Waals surface area contributed by atoms with Crippen LogP contribution in [0.25, 0.3) is 0 Å². The summed E-state index contributed by atoms with van der Waals surface area (Å²) in [4.78, 5) is 15.4. The monoisotopic (exact) mass is 380 g/mol. The number of nitrogens with two attached hydrogens (primary N) is 1. The van der Waals surface area contributed by atoms with Gasteiger partial charge in [-0.25, -0.2) is 4.39 Å². The third-order valence-corrected chi connectivity index (χ3v) is 6.79. The summed E-state index contributed by atoms with van der Waals surface area (Å²) in [6, 6.07) is 7.08. The molecule has 4 unspecified atom stereocenters. The van der Waals surface area contributed by atoms with Gasteiger partial charge in [0.05, 0.1) is 6.04 Å². The van der Waals surface area contributed by atoms with Gasteiger partial charge in [-0.15, -0.1) is 12.4 Å². The van der Waals surface area contributed by atoms with Crippen molar-refractivity contribution in [1.29, 1.82) is 0 Å². The first-order valence-electron chi connectivity index (χ1n) is 9.84. The van der Waals surface area contributed by atoms with Gasteiger partial charge in [0.25, 0.3) is 0 Å². The van der Waals surface area contributed by atoms with Gasteiger partial charge in [0, 0.05) is 18.5 Å². The molecule has 26 heavy (non-hydrogen) atoms. The Morgan fingerprint density at radius 3 is 2.54 bits per heavy atom. The maximum absolute atomic E-state index is 13.7. The van der Waals surface area contributed by atoms with Crippen molar-refractivity contribution in [3.63, 3.8) is 0 Å². The quantitative estimate of drug-likeness (QED) is 0.830. The van der Waals surface area contributed by atoms with Crippen molar-refractivity contribution in [3.05, 3.63) is 35.6 Å². The third-order valence-electron chi connectivity index (χ3n) is 6.79. The molecule has 2 aliphatic carbocycles. The highest BCUT2D eigenvalue weighted by Gasteiger charge is 2.44. The second kappa shape index (κ2) is 7.85. The zero-order valence-corrected chi connectivity index (χ0v) is 16.3. The highest BCUT2D eigenvalue weighted by atomic mass is 35.5. The number of carbonyl (C=O) groups excluding carboxylic acids is 1. The Balaban J connectivity index is 0.00000196. The van der Waals surface area contributed by atoms with Crippen molar-refractivity contribution in [2.24, 2.45) is 29.4 Å². The molecule has 0 radical (unpaired) electrons. The molecule has 4 atom stereocenters. The molecule has 2 N–H and O–H groups in total. The van der Waals surface area contributed by atoms with Gasteiger partial charge in [-0.2, -0.15) is 0 Å². The zero-order valence-electron chi connectivity index (χ0n) is 15.4. The molecule has 1 saturated heterocycles. The van der Waals surface area contributed by atoms with E-state index in [-0.39, 0.29) is 42.1 Å². The fraction of sp³-hybridized carbons (Fsp3) is 0.667. The summed E-state index contributed by atoms with van der Waals surface area (Å²) in [6.07, 6.45) is 6.41. The number of benzene rings is 1. The lowest BCUT2D eigenvalue weighted by atomic mass is 9.65. The van der Waals surface area contributed by atoms with E-state index in [4.69, 9.17) is 5.73 Å². The summed E-state index contributed by atoms with van der Waals surface area (Å²) in [5, 5.41) is 0. The van der Waals surface area contributed by atoms with Gasteiger partial charge < -0.3 is 10.6 Å². The number of hydrogen-bond acceptors (Lipinski definition) is 2. The number of amides is 1. The molecule has 0 spiro atoms. The number of rotatable bonds is 2. The minimum atomic E-state index is -0.220. The SMILES string of the molecule is CC1CC(c2cccc(F)c2)N(C(=O)C2CC3CCCC(C2)C3N)C1.Cl. The van der Waals surface area contributed by atoms with Crippen LogP contribution in [-0.4, -0.2) is 23.4 Å². The first-order chi connectivity index (χ1) is 12.0. The zero-order chi connectivity index (χ0) is 17.6. The highest BCUT2D eigenvalue weighted by molar-refractivity contribution is 5.85. The highest BCUT2D eigenvalue weighted by Crippen LogP contribution is 2.44. The molecule has 1 heterocycles. The topological polar surface area (TPSA) is 46.3 Å². The van der Waals surface area contributed by atoms with E-state index in [0.717, 1.165) is 31.4 Å². The molecule has 1 amide bonds. The minimum Gasteiger partial charge on any atom is -0.335 e. The molecule has 5 heteroatoms. The normalized spacial score (nSPS) is 36.5. The van der Waals surface area contributed by atoms with Crippen LogP contribution in [0.15, 0.2) is 24.3 Å². The lowest BCUT2D eigenvalue weighted by Gasteiger charge is -2.44. The molecular formula is C21H30ClFN2O. The lowest BCUT2D eigenvalue weighted by molar-refractivity contribution is -0.139. The molecule has 3 fully saturated rings. The van der Waals surface area contributed by atoms with Crippen LogP contribution in [0.1, 0.15) is 57.1 Å². The van der Waals surface area contributed by atoms with Crippen LogP contribution in [0.4, 0.5) is 4.39 Å². The fourth-order valence-corrected chi connectivity index (χ4v) is 5.54. The molecule has 2 bridgehead atoms. The molecular weight excluding hydrogens is 351 g/mol. The lowest BCUT2D eigenvalue weighted by Crippen LogP contribution is -2.49. The molecule has 2 saturated carbocycles. The van der Waals surface area contributed by atoms with Crippen molar-refractivity contribution < 1.29 is 9.18 Å². The first kappa shape index (κ1) is 19.6. The summed E-state index contributed by atoms with van der Waals surface area (Å²) in [5.74, 6) is 1.65. The van der Waals surface area contributed by atoms with E-state index in [2.05, 4.69) is 6.92 Å². The molecule has 0 aromatic heterocycles. The van der Waals surface area contributed by atoms with Gasteiger partial charge in [-0.1, -0.05) is 25.5 Å². The summed E-state index contributed by atoms with van der Waals surface area (Å²) in [7, 11) is 0. The molecule has 4 rings (SSSR count). The van der Waals surface area contributed by atoms with Gasteiger partial charge in [0.2, 0.25) is 5.91 Å². The van der Waals surface area contributed by atoms with E-state index < -0.39 is 0 Å². The smallest absolute Gasteiger partial charge is 0.226 e. The van der Waals surface area contributed by atoms with Crippen molar-refractivity contribution in [1.82, 2.24) is 4.90 Å². The number of likely N-dealkylation sites (tertiary alicyclic amines) is 1. The number of carbonyl (C=O) groups is 1. The maximum Gasteiger partial charge on any atom is 0.226 e. The van der Waals surface area contributed by atoms with Crippen LogP contribution in [-0.2, 0) is 4.79 Å². The van der Waals surface area contributed by atoms with Crippen molar-refractivity contribution in [2.45, 2.75) is 57.5 Å². The van der Waals surface area contributed by atoms with Gasteiger partial charge in [-0.05, 0) is 67.6 Å². The number of fused-ring (bicyclic) bond motifs is 2. The Kier molecular flexibility index (Phi) is 5.93. The molecule has 1 aliphatic heterocycles. The maximum atomic E-state index is 13.7. The molecule has 3 nitrogen and oxygen atoms in total. The Morgan fingerprint density at radius 1 is 1.19 bits per heavy atom. The molecule has 1 aromatic carbocycles. The largest absolute Gasteiger partial charge is 0.335 e. The first-order valence-corrected chi connectivity index (χ1v) is 9.84. The van der Waals surface area contributed by atoms with Gasteiger partial charge in [0.1, 0.15) is 5.82 Å². The van der Waals surface area contributed by atoms with E-state index in [1.807, 2.05) is 11.0 Å². The Bertz CT molecular complexity index is 641. The van der Waals surface area contributed by atoms with Crippen molar-refractivity contribution in [3.8, 4) is 0 Å². The van der Waals surface area contributed by atoms with E-state index >= 15 is 0 Å². The number of hydrogen-bond donors (Lipinski definition) is 1. The predicted octanol–water partition coefficient (Wildman–Crippen LogP) is 4.31. The van der Waals surface area contributed by atoms with Crippen LogP contribution in [0.3, 0.4) is 0 Å². The number of nitrogens with zero attached hydrogens (tertiary/aromatic N) is 1. The Labute approximate surface area is 161 Å². The summed E-state index contributed by atoms with van der Waals surface area (Å²) in [5.41, 5.74) is 7.33. The van der Waals surface area contributed by atoms with E-state index in [1.165, 1.54) is 25.3 Å². The van der Waals surface area contributed by atoms with Crippen LogP contribution in [0, 0.1) is 29.5 Å². The average Bonchev–Trinajstić information content (AvgIpc) is 2.96. The van der Waals surface area contributed by atoms with E-state index in [0.29, 0.717) is 17.8 Å². The van der Waals surface area contributed by atoms with E-state index in [1.54, 1.807) is 12.1 Å². The Morgan fingerprint density at radius 2 is 1.88 bits per heavy atom. The van der Waals surface area contributed by atoms with Gasteiger partial charge in [0.15, 0.2) is 0 Å². The van der Waals surface area contributed by atoms with Crippen LogP contribution in [0.2, 0.25) is 0 Å². The summed E-state index contributed by atoms with van der Waals surface area (Å²) < 4.78 is 13.7. The van der Waals surface area contributed by atoms with Crippen molar-refractivity contribution >= 4 is 18.3 Å². The van der Waals surface area contributed by atoms with Gasteiger partial charge in [-0.3, -0.25) is 4.79 Å². The van der Waals surface area contributed by atoms with Gasteiger partial charge >= 0.3 is 0 Å². The van der Waals surface area contributed by atoms with Crippen LogP contribution in [0.5, 0.6) is 0 Å². The number of halogens is 2. The Hall–Kier alpha value is -1.13. The molecule has 144 valence electrons. The minimum absolute atomic E-state index is 0. The predicted molar refractivity (Wildman–Crippen MR) is 103 cm³/mol. The third kappa shape index (κ3) is 3.63. The molecule has 3 aliphatic rings. The summed E-state index contributed by atoms with van der Waals surface area (Å²) in [6.45, 7) is 2.98. The average molecular weight is 381 g/mol. The molecule has 1 aromatic rings. The van der Waals surface area contributed by atoms with Crippen LogP contribution >= 0.6 is 12.4 Å². The standard InChI is InChI=1S/C21H29FN2O.ClH/c1-13-8-19(14-4-3-7-18(22)11-14)24(12-13)21(25)17-9-15-5-2-6-16(10-17)20(15)23;/h3-4,7,11,13,15-17,19-20H,2,5-6,8-10,12,23H2,1H3;1H. The second-order valence-electron chi connectivity index (χ2n) is 8.60. The fourth-order valence-electron chi connectivity index (χ4n) is 5.54.